The van der Waals surface area contributed by atoms with Gasteiger partial charge in [0.1, 0.15) is 16.4 Å². The molecule has 28 heavy (non-hydrogen) atoms. The number of benzene rings is 2. The van der Waals surface area contributed by atoms with Crippen LogP contribution in [0.15, 0.2) is 48.5 Å². The van der Waals surface area contributed by atoms with Crippen LogP contribution in [-0.2, 0) is 0 Å². The summed E-state index contributed by atoms with van der Waals surface area (Å²) in [6, 6.07) is 11.8. The molecular weight excluding hydrogens is 383 g/mol. The molecule has 144 valence electrons. The Morgan fingerprint density at radius 3 is 2.50 bits per heavy atom. The molecule has 7 nitrogen and oxygen atoms in total. The monoisotopic (exact) mass is 400 g/mol. The van der Waals surface area contributed by atoms with E-state index >= 15 is 0 Å². The molecule has 0 fully saturated rings. The second-order valence-corrected chi connectivity index (χ2v) is 6.70. The lowest BCUT2D eigenvalue weighted by atomic mass is 10.3. The summed E-state index contributed by atoms with van der Waals surface area (Å²) in [4.78, 5) is 29.1. The Morgan fingerprint density at radius 1 is 1.04 bits per heavy atom. The Hall–Kier alpha value is -3.46. The van der Waals surface area contributed by atoms with Gasteiger partial charge in [0.15, 0.2) is 5.13 Å². The molecule has 0 saturated carbocycles. The van der Waals surface area contributed by atoms with Crippen LogP contribution in [0.1, 0.15) is 15.4 Å². The van der Waals surface area contributed by atoms with E-state index in [0.29, 0.717) is 27.7 Å². The van der Waals surface area contributed by atoms with Crippen molar-refractivity contribution in [1.29, 1.82) is 0 Å². The number of amides is 3. The van der Waals surface area contributed by atoms with E-state index in [1.54, 1.807) is 38.3 Å². The number of urea groups is 1. The Bertz CT molecular complexity index is 1000. The molecule has 3 amide bonds. The molecule has 0 aliphatic rings. The summed E-state index contributed by atoms with van der Waals surface area (Å²) in [6.45, 7) is 1.68. The van der Waals surface area contributed by atoms with Gasteiger partial charge in [-0.2, -0.15) is 0 Å². The number of rotatable bonds is 5. The second kappa shape index (κ2) is 8.49. The molecular formula is C19H17FN4O3S. The lowest BCUT2D eigenvalue weighted by molar-refractivity contribution is 0.103. The summed E-state index contributed by atoms with van der Waals surface area (Å²) in [6.07, 6.45) is 0. The number of carbonyl (C=O) groups is 2. The third-order valence-electron chi connectivity index (χ3n) is 3.65. The van der Waals surface area contributed by atoms with Crippen LogP contribution in [0.3, 0.4) is 0 Å². The minimum atomic E-state index is -0.542. The van der Waals surface area contributed by atoms with E-state index in [9.17, 15) is 14.0 Å². The first-order valence-electron chi connectivity index (χ1n) is 8.21. The molecule has 0 aliphatic carbocycles. The van der Waals surface area contributed by atoms with Crippen LogP contribution in [0, 0.1) is 12.7 Å². The van der Waals surface area contributed by atoms with Gasteiger partial charge in [-0.15, -0.1) is 0 Å². The average molecular weight is 400 g/mol. The van der Waals surface area contributed by atoms with E-state index < -0.39 is 11.8 Å². The summed E-state index contributed by atoms with van der Waals surface area (Å²) in [5.41, 5.74) is 1.51. The van der Waals surface area contributed by atoms with Crippen molar-refractivity contribution in [2.24, 2.45) is 0 Å². The van der Waals surface area contributed by atoms with Gasteiger partial charge in [0.05, 0.1) is 12.8 Å². The molecule has 0 spiro atoms. The number of carbonyl (C=O) groups excluding carboxylic acids is 2. The standard InChI is InChI=1S/C19H17FN4O3S/c1-11-16(17(25)22-14-4-3-5-15(10-14)27-2)28-19(21-11)24-18(26)23-13-8-6-12(20)7-9-13/h3-10H,1-2H3,(H,22,25)(H2,21,23,24,26). The van der Waals surface area contributed by atoms with E-state index in [0.717, 1.165) is 11.3 Å². The zero-order valence-electron chi connectivity index (χ0n) is 15.1. The fraction of sp³-hybridized carbons (Fsp3) is 0.105. The van der Waals surface area contributed by atoms with Crippen molar-refractivity contribution in [3.63, 3.8) is 0 Å². The molecule has 0 unspecified atom stereocenters. The molecule has 3 N–H and O–H groups in total. The molecule has 3 aromatic rings. The van der Waals surface area contributed by atoms with Crippen molar-refractivity contribution in [2.75, 3.05) is 23.1 Å². The van der Waals surface area contributed by atoms with Crippen LogP contribution in [0.4, 0.5) is 25.7 Å². The van der Waals surface area contributed by atoms with Gasteiger partial charge in [0.25, 0.3) is 5.91 Å². The molecule has 1 aromatic heterocycles. The third kappa shape index (κ3) is 4.83. The molecule has 9 heteroatoms. The van der Waals surface area contributed by atoms with Gasteiger partial charge < -0.3 is 15.4 Å². The topological polar surface area (TPSA) is 92.4 Å². The first kappa shape index (κ1) is 19.3. The van der Waals surface area contributed by atoms with E-state index in [-0.39, 0.29) is 11.0 Å². The van der Waals surface area contributed by atoms with Crippen LogP contribution < -0.4 is 20.7 Å². The van der Waals surface area contributed by atoms with Crippen LogP contribution in [0.25, 0.3) is 0 Å². The molecule has 0 bridgehead atoms. The smallest absolute Gasteiger partial charge is 0.325 e. The SMILES string of the molecule is COc1cccc(NC(=O)c2sc(NC(=O)Nc3ccc(F)cc3)nc2C)c1. The number of aromatic nitrogens is 1. The zero-order chi connectivity index (χ0) is 20.1. The number of hydrogen-bond donors (Lipinski definition) is 3. The van der Waals surface area contributed by atoms with Crippen molar-refractivity contribution in [1.82, 2.24) is 4.98 Å². The van der Waals surface area contributed by atoms with Crippen LogP contribution in [-0.4, -0.2) is 24.0 Å². The van der Waals surface area contributed by atoms with E-state index in [4.69, 9.17) is 4.74 Å². The van der Waals surface area contributed by atoms with Gasteiger partial charge >= 0.3 is 6.03 Å². The Balaban J connectivity index is 1.65. The molecule has 3 rings (SSSR count). The molecule has 0 radical (unpaired) electrons. The van der Waals surface area contributed by atoms with Crippen molar-refractivity contribution >= 4 is 39.8 Å². The highest BCUT2D eigenvalue weighted by Gasteiger charge is 2.17. The van der Waals surface area contributed by atoms with Gasteiger partial charge in [-0.25, -0.2) is 14.2 Å². The van der Waals surface area contributed by atoms with E-state index in [1.807, 2.05) is 0 Å². The van der Waals surface area contributed by atoms with Crippen molar-refractivity contribution in [3.05, 3.63) is 64.9 Å². The molecule has 1 heterocycles. The lowest BCUT2D eigenvalue weighted by Gasteiger charge is -2.06. The van der Waals surface area contributed by atoms with Gasteiger partial charge in [-0.05, 0) is 43.3 Å². The number of aryl methyl sites for hydroxylation is 1. The van der Waals surface area contributed by atoms with Crippen molar-refractivity contribution < 1.29 is 18.7 Å². The predicted molar refractivity (Wildman–Crippen MR) is 107 cm³/mol. The number of ether oxygens (including phenoxy) is 1. The normalized spacial score (nSPS) is 10.2. The van der Waals surface area contributed by atoms with Crippen molar-refractivity contribution in [2.45, 2.75) is 6.92 Å². The van der Waals surface area contributed by atoms with E-state index in [1.165, 1.54) is 24.3 Å². The number of thiazole rings is 1. The maximum absolute atomic E-state index is 12.9. The largest absolute Gasteiger partial charge is 0.497 e. The molecule has 0 saturated heterocycles. The third-order valence-corrected chi connectivity index (χ3v) is 4.72. The Morgan fingerprint density at radius 2 is 1.79 bits per heavy atom. The van der Waals surface area contributed by atoms with E-state index in [2.05, 4.69) is 20.9 Å². The lowest BCUT2D eigenvalue weighted by Crippen LogP contribution is -2.19. The first-order chi connectivity index (χ1) is 13.4. The highest BCUT2D eigenvalue weighted by Crippen LogP contribution is 2.25. The number of nitrogens with one attached hydrogen (secondary N) is 3. The highest BCUT2D eigenvalue weighted by atomic mass is 32.1. The maximum Gasteiger partial charge on any atom is 0.325 e. The van der Waals surface area contributed by atoms with Crippen molar-refractivity contribution in [3.8, 4) is 5.75 Å². The van der Waals surface area contributed by atoms with Crippen LogP contribution >= 0.6 is 11.3 Å². The number of hydrogen-bond acceptors (Lipinski definition) is 5. The second-order valence-electron chi connectivity index (χ2n) is 5.71. The van der Waals surface area contributed by atoms with Crippen LogP contribution in [0.5, 0.6) is 5.75 Å². The Kier molecular flexibility index (Phi) is 5.85. The van der Waals surface area contributed by atoms with Gasteiger partial charge in [-0.3, -0.25) is 10.1 Å². The summed E-state index contributed by atoms with van der Waals surface area (Å²) in [5, 5.41) is 8.17. The van der Waals surface area contributed by atoms with Gasteiger partial charge in [-0.1, -0.05) is 17.4 Å². The summed E-state index contributed by atoms with van der Waals surface area (Å²) in [5.74, 6) is -0.109. The fourth-order valence-electron chi connectivity index (χ4n) is 2.34. The highest BCUT2D eigenvalue weighted by molar-refractivity contribution is 7.17. The molecule has 2 aromatic carbocycles. The summed E-state index contributed by atoms with van der Waals surface area (Å²) >= 11 is 1.05. The van der Waals surface area contributed by atoms with Gasteiger partial charge in [0, 0.05) is 17.4 Å². The number of halogens is 1. The number of anilines is 3. The quantitative estimate of drug-likeness (QED) is 0.588. The molecule has 0 aliphatic heterocycles. The fourth-order valence-corrected chi connectivity index (χ4v) is 3.20. The Labute approximate surface area is 164 Å². The number of nitrogens with zero attached hydrogens (tertiary/aromatic N) is 1. The number of methoxy groups -OCH3 is 1. The van der Waals surface area contributed by atoms with Crippen LogP contribution in [0.2, 0.25) is 0 Å². The first-order valence-corrected chi connectivity index (χ1v) is 9.02. The average Bonchev–Trinajstić information content (AvgIpc) is 3.04. The minimum Gasteiger partial charge on any atom is -0.497 e. The maximum atomic E-state index is 12.9. The minimum absolute atomic E-state index is 0.271. The summed E-state index contributed by atoms with van der Waals surface area (Å²) < 4.78 is 18.0. The summed E-state index contributed by atoms with van der Waals surface area (Å²) in [7, 11) is 1.54. The zero-order valence-corrected chi connectivity index (χ0v) is 15.9. The molecule has 0 atom stereocenters. The predicted octanol–water partition coefficient (Wildman–Crippen LogP) is 4.50. The van der Waals surface area contributed by atoms with Gasteiger partial charge in [0.2, 0.25) is 0 Å².